The number of fused-ring (bicyclic) bond motifs is 1. The summed E-state index contributed by atoms with van der Waals surface area (Å²) < 4.78 is 5.42. The van der Waals surface area contributed by atoms with E-state index in [2.05, 4.69) is 26.1 Å². The van der Waals surface area contributed by atoms with Crippen molar-refractivity contribution in [1.29, 1.82) is 0 Å². The van der Waals surface area contributed by atoms with Gasteiger partial charge in [0.1, 0.15) is 17.8 Å². The van der Waals surface area contributed by atoms with Crippen molar-refractivity contribution in [2.24, 2.45) is 5.92 Å². The van der Waals surface area contributed by atoms with Gasteiger partial charge in [-0.1, -0.05) is 65.0 Å². The molecule has 4 rings (SSSR count). The molecule has 0 bridgehead atoms. The molecule has 2 unspecified atom stereocenters. The van der Waals surface area contributed by atoms with Crippen LogP contribution in [0.25, 0.3) is 0 Å². The predicted molar refractivity (Wildman–Crippen MR) is 144 cm³/mol. The molecular weight excluding hydrogens is 482 g/mol. The van der Waals surface area contributed by atoms with E-state index >= 15 is 0 Å². The van der Waals surface area contributed by atoms with Crippen LogP contribution in [0, 0.1) is 5.92 Å². The zero-order valence-corrected chi connectivity index (χ0v) is 22.6. The van der Waals surface area contributed by atoms with E-state index in [1.165, 1.54) is 9.80 Å². The quantitative estimate of drug-likeness (QED) is 0.616. The first-order valence-electron chi connectivity index (χ1n) is 12.9. The molecule has 200 valence electrons. The first-order valence-corrected chi connectivity index (χ1v) is 12.9. The van der Waals surface area contributed by atoms with Crippen LogP contribution < -0.4 is 10.1 Å². The van der Waals surface area contributed by atoms with Gasteiger partial charge >= 0.3 is 6.09 Å². The van der Waals surface area contributed by atoms with E-state index in [0.29, 0.717) is 23.4 Å². The molecule has 0 aromatic heterocycles. The van der Waals surface area contributed by atoms with Gasteiger partial charge in [0.15, 0.2) is 5.78 Å². The van der Waals surface area contributed by atoms with Crippen LogP contribution in [0.2, 0.25) is 0 Å². The van der Waals surface area contributed by atoms with E-state index in [1.807, 2.05) is 32.0 Å². The van der Waals surface area contributed by atoms with Crippen LogP contribution in [-0.2, 0) is 15.0 Å². The number of nitrogens with one attached hydrogen (secondary N) is 1. The molecule has 0 spiro atoms. The van der Waals surface area contributed by atoms with Gasteiger partial charge in [-0.25, -0.2) is 4.79 Å². The number of ether oxygens (including phenoxy) is 1. The van der Waals surface area contributed by atoms with Gasteiger partial charge < -0.3 is 15.0 Å². The number of Topliss-reactive ketones (excluding diaryl/α,β-unsaturated/α-hetero) is 1. The Kier molecular flexibility index (Phi) is 7.71. The molecule has 2 aromatic rings. The van der Waals surface area contributed by atoms with E-state index in [-0.39, 0.29) is 42.0 Å². The lowest BCUT2D eigenvalue weighted by molar-refractivity contribution is -0.137. The lowest BCUT2D eigenvalue weighted by Gasteiger charge is -2.29. The lowest BCUT2D eigenvalue weighted by atomic mass is 9.86. The summed E-state index contributed by atoms with van der Waals surface area (Å²) >= 11 is 0. The third-order valence-electron chi connectivity index (χ3n) is 6.80. The summed E-state index contributed by atoms with van der Waals surface area (Å²) in [5.74, 6) is -0.460. The molecule has 8 heteroatoms. The molecule has 3 amide bonds. The highest BCUT2D eigenvalue weighted by molar-refractivity contribution is 6.02. The Morgan fingerprint density at radius 1 is 1.03 bits per heavy atom. The highest BCUT2D eigenvalue weighted by Gasteiger charge is 2.48. The Hall–Kier alpha value is -3.94. The van der Waals surface area contributed by atoms with Crippen molar-refractivity contribution in [3.63, 3.8) is 0 Å². The zero-order valence-electron chi connectivity index (χ0n) is 22.6. The number of hydrogen-bond donors (Lipinski definition) is 1. The first kappa shape index (κ1) is 27.1. The Morgan fingerprint density at radius 2 is 1.68 bits per heavy atom. The number of likely N-dealkylation sites (tertiary alicyclic amines) is 1. The average Bonchev–Trinajstić information content (AvgIpc) is 3.44. The number of benzene rings is 2. The van der Waals surface area contributed by atoms with Gasteiger partial charge in [-0.2, -0.15) is 0 Å². The van der Waals surface area contributed by atoms with Gasteiger partial charge in [-0.05, 0) is 53.7 Å². The molecule has 0 saturated carbocycles. The van der Waals surface area contributed by atoms with Crippen LogP contribution in [-0.4, -0.2) is 58.7 Å². The molecule has 2 heterocycles. The zero-order chi connectivity index (χ0) is 27.6. The Bertz CT molecular complexity index is 1240. The Labute approximate surface area is 223 Å². The molecule has 38 heavy (non-hydrogen) atoms. The van der Waals surface area contributed by atoms with Gasteiger partial charge in [-0.3, -0.25) is 19.3 Å². The largest absolute Gasteiger partial charge is 0.419 e. The monoisotopic (exact) mass is 517 g/mol. The third kappa shape index (κ3) is 5.79. The van der Waals surface area contributed by atoms with E-state index in [9.17, 15) is 19.2 Å². The molecule has 2 aliphatic rings. The minimum atomic E-state index is -0.872. The second-order valence-corrected chi connectivity index (χ2v) is 11.2. The van der Waals surface area contributed by atoms with Crippen molar-refractivity contribution in [3.05, 3.63) is 77.5 Å². The molecule has 1 saturated heterocycles. The van der Waals surface area contributed by atoms with Crippen LogP contribution in [0.1, 0.15) is 57.0 Å². The first-order chi connectivity index (χ1) is 18.0. The number of hydrogen-bond acceptors (Lipinski definition) is 5. The van der Waals surface area contributed by atoms with E-state index in [4.69, 9.17) is 4.74 Å². The Balaban J connectivity index is 1.47. The molecule has 2 atom stereocenters. The molecule has 2 aliphatic heterocycles. The normalized spacial score (nSPS) is 17.8. The summed E-state index contributed by atoms with van der Waals surface area (Å²) in [5, 5.41) is 2.89. The SMILES string of the molecule is CC(C)CC(NC(=O)c1ccc(C(C)(C)C)cc1)C(=O)N1CC=C2C1C(=O)CN2C(=O)Oc1ccccc1. The van der Waals surface area contributed by atoms with Crippen molar-refractivity contribution in [1.82, 2.24) is 15.1 Å². The minimum absolute atomic E-state index is 0.0408. The fourth-order valence-electron chi connectivity index (χ4n) is 4.79. The summed E-state index contributed by atoms with van der Waals surface area (Å²) in [4.78, 5) is 55.3. The summed E-state index contributed by atoms with van der Waals surface area (Å²) in [6, 6.07) is 14.3. The summed E-state index contributed by atoms with van der Waals surface area (Å²) in [5.41, 5.74) is 1.97. The van der Waals surface area contributed by atoms with Gasteiger partial charge in [0.2, 0.25) is 5.91 Å². The lowest BCUT2D eigenvalue weighted by Crippen LogP contribution is -2.52. The van der Waals surface area contributed by atoms with Gasteiger partial charge in [0, 0.05) is 12.1 Å². The molecule has 0 radical (unpaired) electrons. The van der Waals surface area contributed by atoms with Crippen LogP contribution in [0.3, 0.4) is 0 Å². The molecule has 0 aliphatic carbocycles. The molecular formula is C30H35N3O5. The average molecular weight is 518 g/mol. The van der Waals surface area contributed by atoms with Gasteiger partial charge in [0.05, 0.1) is 12.2 Å². The van der Waals surface area contributed by atoms with E-state index in [0.717, 1.165) is 5.56 Å². The molecule has 2 aromatic carbocycles. The second-order valence-electron chi connectivity index (χ2n) is 11.2. The number of carbonyl (C=O) groups is 4. The fourth-order valence-corrected chi connectivity index (χ4v) is 4.79. The maximum Gasteiger partial charge on any atom is 0.419 e. The number of ketones is 1. The van der Waals surface area contributed by atoms with E-state index < -0.39 is 18.2 Å². The number of amides is 3. The third-order valence-corrected chi connectivity index (χ3v) is 6.80. The Morgan fingerprint density at radius 3 is 2.29 bits per heavy atom. The second kappa shape index (κ2) is 10.8. The van der Waals surface area contributed by atoms with Crippen LogP contribution in [0.4, 0.5) is 4.79 Å². The minimum Gasteiger partial charge on any atom is -0.410 e. The smallest absolute Gasteiger partial charge is 0.410 e. The van der Waals surface area contributed by atoms with Crippen LogP contribution >= 0.6 is 0 Å². The maximum atomic E-state index is 13.7. The highest BCUT2D eigenvalue weighted by atomic mass is 16.6. The summed E-state index contributed by atoms with van der Waals surface area (Å²) in [6.07, 6.45) is 1.45. The molecule has 8 nitrogen and oxygen atoms in total. The summed E-state index contributed by atoms with van der Waals surface area (Å²) in [7, 11) is 0. The standard InChI is InChI=1S/C30H35N3O5/c1-19(2)17-23(31-27(35)20-11-13-21(14-12-20)30(3,4)5)28(36)32-16-15-24-26(32)25(34)18-33(24)29(37)38-22-9-7-6-8-10-22/h6-15,19,23,26H,16-18H2,1-5H3,(H,31,35). The van der Waals surface area contributed by atoms with Gasteiger partial charge in [0.25, 0.3) is 5.91 Å². The number of para-hydroxylation sites is 1. The topological polar surface area (TPSA) is 96.0 Å². The number of nitrogens with zero attached hydrogens (tertiary/aromatic N) is 2. The maximum absolute atomic E-state index is 13.7. The predicted octanol–water partition coefficient (Wildman–Crippen LogP) is 4.31. The van der Waals surface area contributed by atoms with Crippen molar-refractivity contribution in [2.75, 3.05) is 13.1 Å². The van der Waals surface area contributed by atoms with Crippen LogP contribution in [0.15, 0.2) is 66.4 Å². The van der Waals surface area contributed by atoms with Crippen molar-refractivity contribution in [2.45, 2.75) is 58.5 Å². The van der Waals surface area contributed by atoms with Crippen molar-refractivity contribution in [3.8, 4) is 5.75 Å². The fraction of sp³-hybridized carbons (Fsp3) is 0.400. The van der Waals surface area contributed by atoms with Crippen molar-refractivity contribution >= 4 is 23.7 Å². The highest BCUT2D eigenvalue weighted by Crippen LogP contribution is 2.31. The van der Waals surface area contributed by atoms with Crippen molar-refractivity contribution < 1.29 is 23.9 Å². The summed E-state index contributed by atoms with van der Waals surface area (Å²) in [6.45, 7) is 10.2. The number of rotatable bonds is 6. The molecule has 1 fully saturated rings. The van der Waals surface area contributed by atoms with E-state index in [1.54, 1.807) is 42.5 Å². The molecule has 1 N–H and O–H groups in total. The van der Waals surface area contributed by atoms with Gasteiger partial charge in [-0.15, -0.1) is 0 Å². The number of carbonyl (C=O) groups excluding carboxylic acids is 4. The van der Waals surface area contributed by atoms with Crippen LogP contribution in [0.5, 0.6) is 5.75 Å².